The predicted octanol–water partition coefficient (Wildman–Crippen LogP) is 0.854. The van der Waals surface area contributed by atoms with Gasteiger partial charge in [-0.25, -0.2) is 9.97 Å². The van der Waals surface area contributed by atoms with Crippen molar-refractivity contribution < 1.29 is 4.74 Å². The SMILES string of the molecule is COc1cnc(N2CCN(c3cccc4nncn34)CC2)nc1. The molecule has 0 bridgehead atoms. The number of piperazine rings is 1. The minimum Gasteiger partial charge on any atom is -0.494 e. The zero-order valence-electron chi connectivity index (χ0n) is 12.8. The van der Waals surface area contributed by atoms with Gasteiger partial charge in [-0.15, -0.1) is 10.2 Å². The minimum absolute atomic E-state index is 0.673. The van der Waals surface area contributed by atoms with E-state index in [9.17, 15) is 0 Å². The number of hydrogen-bond acceptors (Lipinski definition) is 7. The van der Waals surface area contributed by atoms with Crippen molar-refractivity contribution in [2.24, 2.45) is 0 Å². The first-order valence-electron chi connectivity index (χ1n) is 7.50. The Kier molecular flexibility index (Phi) is 3.41. The molecule has 0 N–H and O–H groups in total. The maximum absolute atomic E-state index is 5.10. The smallest absolute Gasteiger partial charge is 0.225 e. The van der Waals surface area contributed by atoms with Gasteiger partial charge in [0.15, 0.2) is 11.4 Å². The number of fused-ring (bicyclic) bond motifs is 1. The van der Waals surface area contributed by atoms with Crippen LogP contribution >= 0.6 is 0 Å². The lowest BCUT2D eigenvalue weighted by Gasteiger charge is -2.36. The van der Waals surface area contributed by atoms with E-state index in [0.29, 0.717) is 5.75 Å². The second kappa shape index (κ2) is 5.71. The van der Waals surface area contributed by atoms with Crippen LogP contribution in [0.25, 0.3) is 5.65 Å². The lowest BCUT2D eigenvalue weighted by Crippen LogP contribution is -2.47. The normalized spacial score (nSPS) is 15.2. The summed E-state index contributed by atoms with van der Waals surface area (Å²) in [7, 11) is 1.61. The molecule has 8 nitrogen and oxygen atoms in total. The summed E-state index contributed by atoms with van der Waals surface area (Å²) in [6.45, 7) is 3.52. The van der Waals surface area contributed by atoms with Crippen molar-refractivity contribution in [2.75, 3.05) is 43.1 Å². The monoisotopic (exact) mass is 311 g/mol. The van der Waals surface area contributed by atoms with Gasteiger partial charge in [-0.3, -0.25) is 4.40 Å². The van der Waals surface area contributed by atoms with Gasteiger partial charge in [0.25, 0.3) is 0 Å². The summed E-state index contributed by atoms with van der Waals surface area (Å²) in [6.07, 6.45) is 5.16. The summed E-state index contributed by atoms with van der Waals surface area (Å²) in [5, 5.41) is 8.08. The van der Waals surface area contributed by atoms with Gasteiger partial charge in [0, 0.05) is 26.2 Å². The average molecular weight is 311 g/mol. The number of ether oxygens (including phenoxy) is 1. The Balaban J connectivity index is 1.49. The lowest BCUT2D eigenvalue weighted by atomic mass is 10.3. The van der Waals surface area contributed by atoms with Crippen molar-refractivity contribution in [1.82, 2.24) is 24.6 Å². The van der Waals surface area contributed by atoms with Gasteiger partial charge >= 0.3 is 0 Å². The fraction of sp³-hybridized carbons (Fsp3) is 0.333. The molecule has 1 saturated heterocycles. The largest absolute Gasteiger partial charge is 0.494 e. The first-order valence-corrected chi connectivity index (χ1v) is 7.50. The standard InChI is InChI=1S/C15H17N7O/c1-23-12-9-16-15(17-10-12)21-7-5-20(6-8-21)14-4-2-3-13-19-18-11-22(13)14/h2-4,9-11H,5-8H2,1H3. The van der Waals surface area contributed by atoms with Crippen molar-refractivity contribution in [1.29, 1.82) is 0 Å². The Labute approximate surface area is 133 Å². The van der Waals surface area contributed by atoms with Gasteiger partial charge in [0.2, 0.25) is 5.95 Å². The molecule has 0 radical (unpaired) electrons. The molecule has 0 amide bonds. The Morgan fingerprint density at radius 2 is 1.74 bits per heavy atom. The third kappa shape index (κ3) is 2.52. The second-order valence-electron chi connectivity index (χ2n) is 5.34. The van der Waals surface area contributed by atoms with E-state index in [0.717, 1.165) is 43.6 Å². The van der Waals surface area contributed by atoms with E-state index >= 15 is 0 Å². The van der Waals surface area contributed by atoms with Crippen LogP contribution in [-0.4, -0.2) is 57.9 Å². The number of pyridine rings is 1. The molecule has 23 heavy (non-hydrogen) atoms. The highest BCUT2D eigenvalue weighted by atomic mass is 16.5. The summed E-state index contributed by atoms with van der Waals surface area (Å²) in [5.74, 6) is 2.53. The third-order valence-corrected chi connectivity index (χ3v) is 4.05. The van der Waals surface area contributed by atoms with Crippen molar-refractivity contribution in [3.63, 3.8) is 0 Å². The summed E-state index contributed by atoms with van der Waals surface area (Å²) >= 11 is 0. The van der Waals surface area contributed by atoms with Crippen molar-refractivity contribution in [2.45, 2.75) is 0 Å². The molecule has 0 aromatic carbocycles. The molecule has 1 aliphatic heterocycles. The van der Waals surface area contributed by atoms with E-state index in [4.69, 9.17) is 4.74 Å². The lowest BCUT2D eigenvalue weighted by molar-refractivity contribution is 0.410. The zero-order valence-corrected chi connectivity index (χ0v) is 12.8. The number of rotatable bonds is 3. The molecule has 0 saturated carbocycles. The molecule has 8 heteroatoms. The highest BCUT2D eigenvalue weighted by Gasteiger charge is 2.20. The fourth-order valence-electron chi connectivity index (χ4n) is 2.81. The van der Waals surface area contributed by atoms with E-state index in [1.807, 2.05) is 16.5 Å². The first kappa shape index (κ1) is 13.7. The molecular weight excluding hydrogens is 294 g/mol. The Hall–Kier alpha value is -2.90. The maximum atomic E-state index is 5.10. The second-order valence-corrected chi connectivity index (χ2v) is 5.34. The number of methoxy groups -OCH3 is 1. The van der Waals surface area contributed by atoms with Crippen LogP contribution in [0.2, 0.25) is 0 Å². The summed E-state index contributed by atoms with van der Waals surface area (Å²) in [4.78, 5) is 13.2. The van der Waals surface area contributed by atoms with Gasteiger partial charge in [0.1, 0.15) is 12.1 Å². The third-order valence-electron chi connectivity index (χ3n) is 4.05. The molecule has 1 aliphatic rings. The molecule has 0 unspecified atom stereocenters. The average Bonchev–Trinajstić information content (AvgIpc) is 3.11. The molecule has 118 valence electrons. The van der Waals surface area contributed by atoms with E-state index in [1.165, 1.54) is 0 Å². The molecule has 4 heterocycles. The van der Waals surface area contributed by atoms with Gasteiger partial charge in [-0.2, -0.15) is 0 Å². The molecule has 4 rings (SSSR count). The van der Waals surface area contributed by atoms with Crippen LogP contribution < -0.4 is 14.5 Å². The van der Waals surface area contributed by atoms with Gasteiger partial charge in [-0.1, -0.05) is 6.07 Å². The van der Waals surface area contributed by atoms with Gasteiger partial charge < -0.3 is 14.5 Å². The Morgan fingerprint density at radius 3 is 2.48 bits per heavy atom. The molecule has 0 spiro atoms. The number of anilines is 2. The van der Waals surface area contributed by atoms with Crippen LogP contribution in [-0.2, 0) is 0 Å². The van der Waals surface area contributed by atoms with E-state index in [-0.39, 0.29) is 0 Å². The Morgan fingerprint density at radius 1 is 1.00 bits per heavy atom. The van der Waals surface area contributed by atoms with Gasteiger partial charge in [0.05, 0.1) is 19.5 Å². The highest BCUT2D eigenvalue weighted by molar-refractivity contribution is 5.51. The predicted molar refractivity (Wildman–Crippen MR) is 86.0 cm³/mol. The number of hydrogen-bond donors (Lipinski definition) is 0. The highest BCUT2D eigenvalue weighted by Crippen LogP contribution is 2.19. The maximum Gasteiger partial charge on any atom is 0.225 e. The number of aromatic nitrogens is 5. The first-order chi connectivity index (χ1) is 11.3. The molecule has 0 atom stereocenters. The number of nitrogens with zero attached hydrogens (tertiary/aromatic N) is 7. The van der Waals surface area contributed by atoms with Crippen LogP contribution in [0.15, 0.2) is 36.9 Å². The summed E-state index contributed by atoms with van der Waals surface area (Å²) < 4.78 is 7.11. The summed E-state index contributed by atoms with van der Waals surface area (Å²) in [5.41, 5.74) is 0.864. The van der Waals surface area contributed by atoms with Crippen molar-refractivity contribution in [3.05, 3.63) is 36.9 Å². The van der Waals surface area contributed by atoms with Crippen LogP contribution in [0.1, 0.15) is 0 Å². The van der Waals surface area contributed by atoms with Crippen LogP contribution in [0, 0.1) is 0 Å². The summed E-state index contributed by atoms with van der Waals surface area (Å²) in [6, 6.07) is 6.06. The van der Waals surface area contributed by atoms with Crippen LogP contribution in [0.3, 0.4) is 0 Å². The van der Waals surface area contributed by atoms with E-state index in [1.54, 1.807) is 25.8 Å². The molecule has 3 aromatic heterocycles. The molecule has 1 fully saturated rings. The Bertz CT molecular complexity index is 793. The topological polar surface area (TPSA) is 71.7 Å². The quantitative estimate of drug-likeness (QED) is 0.710. The fourth-order valence-corrected chi connectivity index (χ4v) is 2.81. The van der Waals surface area contributed by atoms with Crippen LogP contribution in [0.5, 0.6) is 5.75 Å². The molecular formula is C15H17N7O. The molecule has 3 aromatic rings. The van der Waals surface area contributed by atoms with Crippen LogP contribution in [0.4, 0.5) is 11.8 Å². The zero-order chi connectivity index (χ0) is 15.6. The minimum atomic E-state index is 0.673. The van der Waals surface area contributed by atoms with Crippen molar-refractivity contribution >= 4 is 17.4 Å². The molecule has 0 aliphatic carbocycles. The van der Waals surface area contributed by atoms with E-state index in [2.05, 4.69) is 36.0 Å². The van der Waals surface area contributed by atoms with E-state index < -0.39 is 0 Å². The van der Waals surface area contributed by atoms with Crippen molar-refractivity contribution in [3.8, 4) is 5.75 Å². The van der Waals surface area contributed by atoms with Gasteiger partial charge in [-0.05, 0) is 12.1 Å².